The minimum Gasteiger partial charge on any atom is -0.393 e. The molecule has 0 aliphatic heterocycles. The smallest absolute Gasteiger partial charge is 0.0732 e. The van der Waals surface area contributed by atoms with Crippen molar-refractivity contribution in [1.29, 1.82) is 0 Å². The molecular weight excluding hydrogens is 600 g/mol. The van der Waals surface area contributed by atoms with E-state index in [2.05, 4.69) is 104 Å². The molecule has 0 spiro atoms. The van der Waals surface area contributed by atoms with Crippen LogP contribution in [0.2, 0.25) is 24.7 Å². The molecule has 0 radical (unpaired) electrons. The molecular formula is C42H55ClO2Si. The van der Waals surface area contributed by atoms with Crippen molar-refractivity contribution in [3.8, 4) is 0 Å². The van der Waals surface area contributed by atoms with Crippen LogP contribution in [0.3, 0.4) is 0 Å². The zero-order chi connectivity index (χ0) is 33.5. The van der Waals surface area contributed by atoms with Crippen molar-refractivity contribution in [2.75, 3.05) is 0 Å². The van der Waals surface area contributed by atoms with E-state index in [1.54, 1.807) is 5.20 Å². The molecule has 0 saturated heterocycles. The molecule has 0 bridgehead atoms. The van der Waals surface area contributed by atoms with Crippen molar-refractivity contribution >= 4 is 36.0 Å². The summed E-state index contributed by atoms with van der Waals surface area (Å²) in [7, 11) is -1.47. The fourth-order valence-electron chi connectivity index (χ4n) is 9.66. The molecule has 4 aliphatic rings. The Hall–Kier alpha value is -2.17. The molecule has 0 amide bonds. The van der Waals surface area contributed by atoms with Crippen LogP contribution in [-0.4, -0.2) is 30.5 Å². The Labute approximate surface area is 284 Å². The van der Waals surface area contributed by atoms with Gasteiger partial charge in [0.25, 0.3) is 0 Å². The van der Waals surface area contributed by atoms with Gasteiger partial charge in [-0.2, -0.15) is 0 Å². The highest BCUT2D eigenvalue weighted by molar-refractivity contribution is 6.84. The van der Waals surface area contributed by atoms with Crippen LogP contribution in [-0.2, 0) is 6.42 Å². The van der Waals surface area contributed by atoms with Gasteiger partial charge in [0.15, 0.2) is 0 Å². The van der Waals surface area contributed by atoms with Gasteiger partial charge in [0.05, 0.1) is 20.3 Å². The Morgan fingerprint density at radius 2 is 1.37 bits per heavy atom. The Morgan fingerprint density at radius 3 is 2.00 bits per heavy atom. The maximum Gasteiger partial charge on any atom is 0.0732 e. The van der Waals surface area contributed by atoms with E-state index in [-0.39, 0.29) is 23.0 Å². The largest absolute Gasteiger partial charge is 0.393 e. The molecule has 0 heterocycles. The van der Waals surface area contributed by atoms with Gasteiger partial charge in [0, 0.05) is 10.4 Å². The molecule has 3 aromatic carbocycles. The van der Waals surface area contributed by atoms with Gasteiger partial charge in [0.2, 0.25) is 0 Å². The van der Waals surface area contributed by atoms with Gasteiger partial charge >= 0.3 is 0 Å². The highest BCUT2D eigenvalue weighted by atomic mass is 35.5. The number of benzene rings is 3. The molecule has 0 aromatic heterocycles. The van der Waals surface area contributed by atoms with Gasteiger partial charge in [0.1, 0.15) is 0 Å². The summed E-state index contributed by atoms with van der Waals surface area (Å²) < 4.78 is 0. The van der Waals surface area contributed by atoms with E-state index >= 15 is 0 Å². The lowest BCUT2D eigenvalue weighted by Crippen LogP contribution is -2.37. The first-order valence-corrected chi connectivity index (χ1v) is 21.4. The van der Waals surface area contributed by atoms with Crippen LogP contribution in [0.4, 0.5) is 0 Å². The lowest BCUT2D eigenvalue weighted by molar-refractivity contribution is 0.159. The first-order valence-electron chi connectivity index (χ1n) is 17.5. The van der Waals surface area contributed by atoms with Crippen molar-refractivity contribution in [2.45, 2.75) is 124 Å². The van der Waals surface area contributed by atoms with Crippen LogP contribution in [0.25, 0.3) is 16.3 Å². The minimum atomic E-state index is -1.47. The first-order chi connectivity index (χ1) is 21.4. The fourth-order valence-corrected chi connectivity index (χ4v) is 11.9. The molecule has 6 atom stereocenters. The minimum absolute atomic E-state index is 0.157. The maximum atomic E-state index is 10.3. The van der Waals surface area contributed by atoms with E-state index in [4.69, 9.17) is 11.6 Å². The molecule has 2 nitrogen and oxygen atoms in total. The number of hydrogen-bond donors (Lipinski definition) is 2. The lowest BCUT2D eigenvalue weighted by atomic mass is 9.66. The SMILES string of the molecule is C=C1C(c2ccc(C)c(C)c2)=C([Si](C)(C)C)C[C@@]2(C)C[C@@H](O)C[C@H]12.Cc1cc2c(Cl)cc3c(c2cc1C)CC[C@@]1(C)C[C@@H](O)C[C@H]31. The number of rotatable bonds is 2. The first kappa shape index (κ1) is 33.7. The summed E-state index contributed by atoms with van der Waals surface area (Å²) in [6.45, 7) is 25.3. The van der Waals surface area contributed by atoms with Crippen molar-refractivity contribution in [3.63, 3.8) is 0 Å². The second-order valence-corrected chi connectivity index (χ2v) is 22.6. The Balaban J connectivity index is 0.000000162. The summed E-state index contributed by atoms with van der Waals surface area (Å²) in [5.41, 5.74) is 12.7. The van der Waals surface area contributed by atoms with Gasteiger partial charge < -0.3 is 10.2 Å². The molecule has 46 heavy (non-hydrogen) atoms. The third-order valence-electron chi connectivity index (χ3n) is 12.6. The maximum absolute atomic E-state index is 10.3. The summed E-state index contributed by atoms with van der Waals surface area (Å²) in [6.07, 6.45) is 6.69. The van der Waals surface area contributed by atoms with Crippen molar-refractivity contribution in [1.82, 2.24) is 0 Å². The summed E-state index contributed by atoms with van der Waals surface area (Å²) in [6, 6.07) is 13.6. The van der Waals surface area contributed by atoms with E-state index in [0.717, 1.165) is 43.5 Å². The highest BCUT2D eigenvalue weighted by Crippen LogP contribution is 2.59. The zero-order valence-electron chi connectivity index (χ0n) is 29.7. The van der Waals surface area contributed by atoms with E-state index in [0.29, 0.717) is 11.8 Å². The number of fused-ring (bicyclic) bond motifs is 6. The topological polar surface area (TPSA) is 40.5 Å². The third kappa shape index (κ3) is 5.78. The Bertz CT molecular complexity index is 1760. The van der Waals surface area contributed by atoms with Crippen LogP contribution in [0.1, 0.15) is 97.2 Å². The molecule has 7 rings (SSSR count). The quantitative estimate of drug-likeness (QED) is 0.270. The van der Waals surface area contributed by atoms with Crippen molar-refractivity contribution in [3.05, 3.63) is 97.7 Å². The van der Waals surface area contributed by atoms with Crippen LogP contribution < -0.4 is 0 Å². The predicted molar refractivity (Wildman–Crippen MR) is 200 cm³/mol. The van der Waals surface area contributed by atoms with Crippen molar-refractivity contribution in [2.24, 2.45) is 16.7 Å². The van der Waals surface area contributed by atoms with E-state index in [1.807, 2.05) is 0 Å². The third-order valence-corrected chi connectivity index (χ3v) is 15.1. The standard InChI is InChI=1S/C22H32OSi.C20H23ClO/c1-14-8-9-17(10-15(14)2)21-16(3)19-11-18(23)12-22(19,4)13-20(21)24(5,6)7;1-11-6-15-14-4-5-20(3)10-13(22)8-18(20)16(14)9-19(21)17(15)7-12(11)2/h8-10,18-19,23H,3,11-13H2,1-2,4-7H3;6-7,9,13,18,22H,4-5,8,10H2,1-3H3/t18-,19+,22+;13-,18+,20-/m00/s1. The van der Waals surface area contributed by atoms with E-state index < -0.39 is 8.07 Å². The number of aliphatic hydroxyl groups excluding tert-OH is 2. The monoisotopic (exact) mass is 654 g/mol. The number of aliphatic hydroxyl groups is 2. The Kier molecular flexibility index (Phi) is 8.62. The van der Waals surface area contributed by atoms with Crippen LogP contribution >= 0.6 is 11.6 Å². The van der Waals surface area contributed by atoms with E-state index in [9.17, 15) is 10.2 Å². The molecule has 0 unspecified atom stereocenters. The lowest BCUT2D eigenvalue weighted by Gasteiger charge is -2.44. The molecule has 4 heteroatoms. The van der Waals surface area contributed by atoms with Crippen LogP contribution in [0.15, 0.2) is 53.7 Å². The molecule has 2 fully saturated rings. The molecule has 4 aliphatic carbocycles. The van der Waals surface area contributed by atoms with Gasteiger partial charge in [-0.05, 0) is 163 Å². The van der Waals surface area contributed by atoms with Crippen LogP contribution in [0, 0.1) is 44.4 Å². The highest BCUT2D eigenvalue weighted by Gasteiger charge is 2.50. The van der Waals surface area contributed by atoms with Gasteiger partial charge in [-0.3, -0.25) is 0 Å². The molecule has 2 saturated carbocycles. The average molecular weight is 655 g/mol. The average Bonchev–Trinajstić information content (AvgIpc) is 3.45. The van der Waals surface area contributed by atoms with Crippen molar-refractivity contribution < 1.29 is 10.2 Å². The summed E-state index contributed by atoms with van der Waals surface area (Å²) >= 11 is 6.63. The second kappa shape index (κ2) is 11.8. The van der Waals surface area contributed by atoms with Crippen LogP contribution in [0.5, 0.6) is 0 Å². The molecule has 246 valence electrons. The predicted octanol–water partition coefficient (Wildman–Crippen LogP) is 11.0. The number of aryl methyl sites for hydroxylation is 5. The summed E-state index contributed by atoms with van der Waals surface area (Å²) in [5, 5.41) is 25.5. The summed E-state index contributed by atoms with van der Waals surface area (Å²) in [4.78, 5) is 0. The number of allylic oxidation sites excluding steroid dienone is 3. The van der Waals surface area contributed by atoms with Gasteiger partial charge in [-0.15, -0.1) is 0 Å². The number of hydrogen-bond acceptors (Lipinski definition) is 2. The second-order valence-electron chi connectivity index (χ2n) is 17.1. The summed E-state index contributed by atoms with van der Waals surface area (Å²) in [5.74, 6) is 0.874. The van der Waals surface area contributed by atoms with E-state index in [1.165, 1.54) is 67.3 Å². The normalized spacial score (nSPS) is 30.6. The fraction of sp³-hybridized carbons (Fsp3) is 0.524. The number of halogens is 1. The van der Waals surface area contributed by atoms with Gasteiger partial charge in [-0.1, -0.05) is 81.1 Å². The molecule has 2 N–H and O–H groups in total. The Morgan fingerprint density at radius 1 is 0.783 bits per heavy atom. The molecule has 3 aromatic rings. The zero-order valence-corrected chi connectivity index (χ0v) is 31.5. The van der Waals surface area contributed by atoms with Gasteiger partial charge in [-0.25, -0.2) is 0 Å².